The average molecular weight is 267 g/mol. The van der Waals surface area contributed by atoms with Crippen molar-refractivity contribution in [2.24, 2.45) is 5.84 Å². The van der Waals surface area contributed by atoms with Gasteiger partial charge in [-0.2, -0.15) is 0 Å². The molecule has 0 radical (unpaired) electrons. The van der Waals surface area contributed by atoms with Crippen LogP contribution in [0.25, 0.3) is 0 Å². The lowest BCUT2D eigenvalue weighted by atomic mass is 10.1. The summed E-state index contributed by atoms with van der Waals surface area (Å²) in [5.41, 5.74) is 3.98. The van der Waals surface area contributed by atoms with E-state index in [4.69, 9.17) is 17.4 Å². The maximum absolute atomic E-state index is 13.3. The van der Waals surface area contributed by atoms with Crippen molar-refractivity contribution >= 4 is 11.6 Å². The highest BCUT2D eigenvalue weighted by Gasteiger charge is 2.18. The second-order valence-electron chi connectivity index (χ2n) is 3.88. The molecule has 18 heavy (non-hydrogen) atoms. The Kier molecular flexibility index (Phi) is 3.86. The number of hydrogen-bond acceptors (Lipinski definition) is 4. The Morgan fingerprint density at radius 1 is 1.33 bits per heavy atom. The predicted octanol–water partition coefficient (Wildman–Crippen LogP) is 2.13. The minimum atomic E-state index is -0.547. The van der Waals surface area contributed by atoms with Crippen LogP contribution in [0, 0.1) is 12.7 Å². The molecule has 0 bridgehead atoms. The molecule has 0 amide bonds. The van der Waals surface area contributed by atoms with Crippen molar-refractivity contribution in [2.45, 2.75) is 13.0 Å². The van der Waals surface area contributed by atoms with Gasteiger partial charge < -0.3 is 0 Å². The highest BCUT2D eigenvalue weighted by Crippen LogP contribution is 2.26. The summed E-state index contributed by atoms with van der Waals surface area (Å²) < 4.78 is 13.3. The van der Waals surface area contributed by atoms with Crippen molar-refractivity contribution in [1.82, 2.24) is 15.4 Å². The molecule has 0 saturated carbocycles. The lowest BCUT2D eigenvalue weighted by Gasteiger charge is -2.16. The first-order chi connectivity index (χ1) is 8.61. The third-order valence-electron chi connectivity index (χ3n) is 2.49. The zero-order valence-electron chi connectivity index (χ0n) is 9.69. The Balaban J connectivity index is 2.44. The van der Waals surface area contributed by atoms with E-state index < -0.39 is 6.04 Å². The molecule has 94 valence electrons. The maximum atomic E-state index is 13.3. The second kappa shape index (κ2) is 5.39. The second-order valence-corrected chi connectivity index (χ2v) is 4.29. The van der Waals surface area contributed by atoms with Gasteiger partial charge in [-0.1, -0.05) is 11.6 Å². The van der Waals surface area contributed by atoms with Crippen LogP contribution in [0.2, 0.25) is 5.02 Å². The van der Waals surface area contributed by atoms with Gasteiger partial charge in [0.25, 0.3) is 0 Å². The van der Waals surface area contributed by atoms with Crippen LogP contribution in [-0.4, -0.2) is 9.97 Å². The third kappa shape index (κ3) is 2.64. The normalized spacial score (nSPS) is 12.4. The number of hydrazine groups is 1. The largest absolute Gasteiger partial charge is 0.270 e. The molecular formula is C12H12ClFN4. The van der Waals surface area contributed by atoms with Crippen LogP contribution in [0.15, 0.2) is 30.6 Å². The first-order valence-electron chi connectivity index (χ1n) is 5.31. The number of aryl methyl sites for hydroxylation is 1. The summed E-state index contributed by atoms with van der Waals surface area (Å²) >= 11 is 6.03. The van der Waals surface area contributed by atoms with E-state index in [1.165, 1.54) is 18.2 Å². The highest BCUT2D eigenvalue weighted by molar-refractivity contribution is 6.31. The molecule has 4 nitrogen and oxygen atoms in total. The van der Waals surface area contributed by atoms with Crippen LogP contribution in [0.4, 0.5) is 4.39 Å². The molecule has 0 aliphatic carbocycles. The Bertz CT molecular complexity index is 544. The van der Waals surface area contributed by atoms with E-state index in [2.05, 4.69) is 15.4 Å². The van der Waals surface area contributed by atoms with Gasteiger partial charge in [0.1, 0.15) is 11.9 Å². The van der Waals surface area contributed by atoms with Crippen LogP contribution in [0.5, 0.6) is 0 Å². The fraction of sp³-hybridized carbons (Fsp3) is 0.167. The molecule has 0 fully saturated rings. The first-order valence-corrected chi connectivity index (χ1v) is 5.69. The van der Waals surface area contributed by atoms with Crippen LogP contribution < -0.4 is 11.3 Å². The van der Waals surface area contributed by atoms with E-state index in [0.29, 0.717) is 16.4 Å². The van der Waals surface area contributed by atoms with Crippen molar-refractivity contribution < 1.29 is 4.39 Å². The molecule has 0 aliphatic rings. The van der Waals surface area contributed by atoms with Crippen LogP contribution in [0.1, 0.15) is 23.0 Å². The molecular weight excluding hydrogens is 255 g/mol. The lowest BCUT2D eigenvalue weighted by Crippen LogP contribution is -2.30. The summed E-state index contributed by atoms with van der Waals surface area (Å²) in [4.78, 5) is 8.32. The minimum absolute atomic E-state index is 0.387. The summed E-state index contributed by atoms with van der Waals surface area (Å²) in [6.45, 7) is 1.88. The summed E-state index contributed by atoms with van der Waals surface area (Å²) in [6.07, 6.45) is 3.33. The monoisotopic (exact) mass is 266 g/mol. The van der Waals surface area contributed by atoms with Crippen molar-refractivity contribution in [2.75, 3.05) is 0 Å². The number of benzene rings is 1. The third-order valence-corrected chi connectivity index (χ3v) is 2.84. The molecule has 1 heterocycles. The Hall–Kier alpha value is -1.56. The summed E-state index contributed by atoms with van der Waals surface area (Å²) in [7, 11) is 0. The van der Waals surface area contributed by atoms with E-state index in [1.807, 2.05) is 6.92 Å². The molecule has 6 heteroatoms. The number of hydrogen-bond donors (Lipinski definition) is 2. The Morgan fingerprint density at radius 2 is 2.00 bits per heavy atom. The molecule has 0 spiro atoms. The SMILES string of the molecule is Cc1cnc(C(NN)c2cc(F)ccc2Cl)nc1. The summed E-state index contributed by atoms with van der Waals surface area (Å²) in [5.74, 6) is 5.54. The highest BCUT2D eigenvalue weighted by atomic mass is 35.5. The van der Waals surface area contributed by atoms with Gasteiger partial charge in [0, 0.05) is 17.4 Å². The number of rotatable bonds is 3. The number of halogens is 2. The lowest BCUT2D eigenvalue weighted by molar-refractivity contribution is 0.585. The number of aromatic nitrogens is 2. The zero-order chi connectivity index (χ0) is 13.1. The predicted molar refractivity (Wildman–Crippen MR) is 67.3 cm³/mol. The number of nitrogens with zero attached hydrogens (tertiary/aromatic N) is 2. The summed E-state index contributed by atoms with van der Waals surface area (Å²) in [5, 5.41) is 0.406. The van der Waals surface area contributed by atoms with Crippen molar-refractivity contribution in [3.63, 3.8) is 0 Å². The van der Waals surface area contributed by atoms with Crippen LogP contribution in [0.3, 0.4) is 0 Å². The van der Waals surface area contributed by atoms with E-state index in [9.17, 15) is 4.39 Å². The molecule has 1 unspecified atom stereocenters. The average Bonchev–Trinajstić information content (AvgIpc) is 2.37. The van der Waals surface area contributed by atoms with Gasteiger partial charge in [0.2, 0.25) is 0 Å². The zero-order valence-corrected chi connectivity index (χ0v) is 10.4. The standard InChI is InChI=1S/C12H12ClFN4/c1-7-5-16-12(17-6-7)11(18-15)9-4-8(14)2-3-10(9)13/h2-6,11,18H,15H2,1H3. The van der Waals surface area contributed by atoms with E-state index in [0.717, 1.165) is 5.56 Å². The molecule has 1 aromatic carbocycles. The quantitative estimate of drug-likeness (QED) is 0.660. The number of nitrogens with two attached hydrogens (primary N) is 1. The molecule has 1 atom stereocenters. The van der Waals surface area contributed by atoms with E-state index >= 15 is 0 Å². The van der Waals surface area contributed by atoms with Crippen LogP contribution >= 0.6 is 11.6 Å². The molecule has 2 aromatic rings. The van der Waals surface area contributed by atoms with E-state index in [-0.39, 0.29) is 5.82 Å². The van der Waals surface area contributed by atoms with Gasteiger partial charge in [-0.15, -0.1) is 0 Å². The fourth-order valence-corrected chi connectivity index (χ4v) is 1.82. The molecule has 0 aliphatic heterocycles. The minimum Gasteiger partial charge on any atom is -0.270 e. The van der Waals surface area contributed by atoms with Gasteiger partial charge >= 0.3 is 0 Å². The maximum Gasteiger partial charge on any atom is 0.150 e. The molecule has 1 aromatic heterocycles. The van der Waals surface area contributed by atoms with Gasteiger partial charge in [-0.3, -0.25) is 5.84 Å². The summed E-state index contributed by atoms with van der Waals surface area (Å²) in [6, 6.07) is 3.53. The fourth-order valence-electron chi connectivity index (χ4n) is 1.59. The number of nitrogens with one attached hydrogen (secondary N) is 1. The van der Waals surface area contributed by atoms with Gasteiger partial charge in [-0.05, 0) is 36.2 Å². The molecule has 3 N–H and O–H groups in total. The smallest absolute Gasteiger partial charge is 0.150 e. The Morgan fingerprint density at radius 3 is 2.61 bits per heavy atom. The van der Waals surface area contributed by atoms with Gasteiger partial charge in [0.15, 0.2) is 5.82 Å². The Labute approximate surface area is 109 Å². The van der Waals surface area contributed by atoms with Crippen molar-refractivity contribution in [3.8, 4) is 0 Å². The molecule has 2 rings (SSSR count). The topological polar surface area (TPSA) is 63.8 Å². The van der Waals surface area contributed by atoms with E-state index in [1.54, 1.807) is 12.4 Å². The van der Waals surface area contributed by atoms with Crippen molar-refractivity contribution in [1.29, 1.82) is 0 Å². The van der Waals surface area contributed by atoms with Gasteiger partial charge in [-0.25, -0.2) is 19.8 Å². The van der Waals surface area contributed by atoms with Crippen LogP contribution in [-0.2, 0) is 0 Å². The van der Waals surface area contributed by atoms with Gasteiger partial charge in [0.05, 0.1) is 0 Å². The van der Waals surface area contributed by atoms with Crippen molar-refractivity contribution in [3.05, 3.63) is 58.4 Å². The first kappa shape index (κ1) is 12.9. The molecule has 0 saturated heterocycles.